The van der Waals surface area contributed by atoms with Crippen LogP contribution in [0.1, 0.15) is 23.0 Å². The van der Waals surface area contributed by atoms with Crippen LogP contribution in [-0.4, -0.2) is 82.1 Å². The third-order valence-corrected chi connectivity index (χ3v) is 5.69. The lowest BCUT2D eigenvalue weighted by Gasteiger charge is -2.34. The second-order valence-corrected chi connectivity index (χ2v) is 8.59. The highest BCUT2D eigenvalue weighted by Gasteiger charge is 2.38. The van der Waals surface area contributed by atoms with Crippen LogP contribution in [0.4, 0.5) is 13.2 Å². The maximum Gasteiger partial charge on any atom is 0.490 e. The van der Waals surface area contributed by atoms with E-state index in [2.05, 4.69) is 16.4 Å². The molecule has 0 bridgehead atoms. The first kappa shape index (κ1) is 26.3. The van der Waals surface area contributed by atoms with Gasteiger partial charge < -0.3 is 24.8 Å². The van der Waals surface area contributed by atoms with Crippen LogP contribution >= 0.6 is 11.3 Å². The molecule has 1 aliphatic rings. The second-order valence-electron chi connectivity index (χ2n) is 7.56. The number of nitrogens with zero attached hydrogens (tertiary/aromatic N) is 4. The largest absolute Gasteiger partial charge is 0.490 e. The Kier molecular flexibility index (Phi) is 9.41. The lowest BCUT2D eigenvalue weighted by molar-refractivity contribution is -0.192. The van der Waals surface area contributed by atoms with Gasteiger partial charge in [0.1, 0.15) is 6.04 Å². The minimum Gasteiger partial charge on any atom is -0.475 e. The zero-order valence-corrected chi connectivity index (χ0v) is 19.0. The molecule has 2 aromatic rings. The number of thiophene rings is 1. The van der Waals surface area contributed by atoms with Gasteiger partial charge in [-0.1, -0.05) is 6.07 Å². The first-order valence-corrected chi connectivity index (χ1v) is 10.9. The van der Waals surface area contributed by atoms with Crippen molar-refractivity contribution in [3.05, 3.63) is 40.6 Å². The molecule has 0 spiro atoms. The summed E-state index contributed by atoms with van der Waals surface area (Å²) in [5.74, 6) is -2.75. The van der Waals surface area contributed by atoms with Crippen LogP contribution in [0, 0.1) is 0 Å². The molecule has 1 aliphatic heterocycles. The number of imidazole rings is 1. The van der Waals surface area contributed by atoms with E-state index in [9.17, 15) is 22.8 Å². The Hall–Kier alpha value is -2.93. The highest BCUT2D eigenvalue weighted by Crippen LogP contribution is 2.22. The summed E-state index contributed by atoms with van der Waals surface area (Å²) >= 11 is 1.69. The fourth-order valence-corrected chi connectivity index (χ4v) is 3.76. The van der Waals surface area contributed by atoms with Crippen LogP contribution < -0.4 is 5.32 Å². The fraction of sp³-hybridized carbons (Fsp3) is 0.500. The van der Waals surface area contributed by atoms with Crippen molar-refractivity contribution in [2.45, 2.75) is 31.6 Å². The zero-order valence-electron chi connectivity index (χ0n) is 18.2. The van der Waals surface area contributed by atoms with Crippen molar-refractivity contribution in [3.8, 4) is 0 Å². The highest BCUT2D eigenvalue weighted by molar-refractivity contribution is 7.09. The number of nitrogens with one attached hydrogen (secondary N) is 1. The topological polar surface area (TPSA) is 108 Å². The molecule has 33 heavy (non-hydrogen) atoms. The number of carboxylic acid groups (broad SMARTS) is 1. The molecule has 3 rings (SSSR count). The van der Waals surface area contributed by atoms with Gasteiger partial charge in [0.05, 0.1) is 25.1 Å². The molecule has 182 valence electrons. The summed E-state index contributed by atoms with van der Waals surface area (Å²) < 4.78 is 33.6. The summed E-state index contributed by atoms with van der Waals surface area (Å²) in [4.78, 5) is 43.3. The predicted octanol–water partition coefficient (Wildman–Crippen LogP) is 1.77. The zero-order chi connectivity index (χ0) is 24.6. The molecule has 3 heterocycles. The van der Waals surface area contributed by atoms with E-state index in [0.717, 1.165) is 12.1 Å². The Labute approximate surface area is 192 Å². The molecule has 0 fully saturated rings. The predicted molar refractivity (Wildman–Crippen MR) is 115 cm³/mol. The first-order chi connectivity index (χ1) is 15.5. The van der Waals surface area contributed by atoms with Crippen LogP contribution in [-0.2, 0) is 27.3 Å². The van der Waals surface area contributed by atoms with Crippen molar-refractivity contribution in [3.63, 3.8) is 0 Å². The van der Waals surface area contributed by atoms with E-state index in [1.54, 1.807) is 28.8 Å². The van der Waals surface area contributed by atoms with E-state index < -0.39 is 18.2 Å². The number of carboxylic acids is 1. The molecule has 1 unspecified atom stereocenters. The molecular weight excluding hydrogens is 463 g/mol. The summed E-state index contributed by atoms with van der Waals surface area (Å²) in [7, 11) is 3.89. The van der Waals surface area contributed by atoms with Gasteiger partial charge in [-0.15, -0.1) is 11.3 Å². The normalized spacial score (nSPS) is 15.5. The lowest BCUT2D eigenvalue weighted by atomic mass is 10.1. The Bertz CT molecular complexity index is 931. The van der Waals surface area contributed by atoms with Gasteiger partial charge >= 0.3 is 12.1 Å². The number of carbonyl (C=O) groups is 3. The van der Waals surface area contributed by atoms with Gasteiger partial charge in [0.15, 0.2) is 0 Å². The van der Waals surface area contributed by atoms with Crippen LogP contribution in [0.2, 0.25) is 0 Å². The van der Waals surface area contributed by atoms with E-state index in [4.69, 9.17) is 9.90 Å². The number of aliphatic carboxylic acids is 1. The lowest BCUT2D eigenvalue weighted by Crippen LogP contribution is -2.47. The SMILES string of the molecule is CN(C)CCC(=O)N1Cc2cncn2C(C(=O)NCCc2cccs2)C1.O=C(O)C(F)(F)F. The molecular formula is C20H26F3N5O4S. The van der Waals surface area contributed by atoms with Crippen molar-refractivity contribution in [2.75, 3.05) is 33.7 Å². The van der Waals surface area contributed by atoms with Gasteiger partial charge in [-0.25, -0.2) is 9.78 Å². The molecule has 2 N–H and O–H groups in total. The number of amides is 2. The average molecular weight is 490 g/mol. The molecule has 2 amide bonds. The number of carbonyl (C=O) groups excluding carboxylic acids is 2. The van der Waals surface area contributed by atoms with Crippen LogP contribution in [0.3, 0.4) is 0 Å². The summed E-state index contributed by atoms with van der Waals surface area (Å²) in [6.07, 6.45) is -0.399. The minimum atomic E-state index is -5.08. The van der Waals surface area contributed by atoms with E-state index in [-0.39, 0.29) is 11.8 Å². The van der Waals surface area contributed by atoms with Crippen molar-refractivity contribution in [1.82, 2.24) is 24.7 Å². The summed E-state index contributed by atoms with van der Waals surface area (Å²) in [6, 6.07) is 3.65. The van der Waals surface area contributed by atoms with Gasteiger partial charge in [0.25, 0.3) is 0 Å². The molecule has 1 atom stereocenters. The maximum atomic E-state index is 12.7. The van der Waals surface area contributed by atoms with Crippen LogP contribution in [0.15, 0.2) is 30.0 Å². The number of aromatic nitrogens is 2. The number of alkyl halides is 3. The number of rotatable bonds is 7. The first-order valence-electron chi connectivity index (χ1n) is 10.0. The molecule has 0 saturated heterocycles. The summed E-state index contributed by atoms with van der Waals surface area (Å²) in [6.45, 7) is 2.19. The molecule has 0 saturated carbocycles. The van der Waals surface area contributed by atoms with E-state index in [1.165, 1.54) is 4.88 Å². The van der Waals surface area contributed by atoms with Gasteiger partial charge in [-0.2, -0.15) is 13.2 Å². The average Bonchev–Trinajstić information content (AvgIpc) is 3.42. The summed E-state index contributed by atoms with van der Waals surface area (Å²) in [5.41, 5.74) is 0.896. The standard InChI is InChI=1S/C18H25N5O2S.C2HF3O2/c1-21(2)8-6-17(24)22-11-14-10-19-13-23(14)16(12-22)18(25)20-7-5-15-4-3-9-26-15;3-2(4,5)1(6)7/h3-4,9-10,13,16H,5-8,11-12H2,1-2H3,(H,20,25);(H,6,7). The number of fused-ring (bicyclic) bond motifs is 1. The van der Waals surface area contributed by atoms with Gasteiger partial charge in [0.2, 0.25) is 11.8 Å². The van der Waals surface area contributed by atoms with Gasteiger partial charge in [-0.05, 0) is 32.0 Å². The third kappa shape index (κ3) is 8.17. The van der Waals surface area contributed by atoms with Gasteiger partial charge in [-0.3, -0.25) is 9.59 Å². The Morgan fingerprint density at radius 2 is 2.03 bits per heavy atom. The smallest absolute Gasteiger partial charge is 0.475 e. The molecule has 2 aromatic heterocycles. The number of halogens is 3. The van der Waals surface area contributed by atoms with Crippen molar-refractivity contribution >= 4 is 29.1 Å². The highest BCUT2D eigenvalue weighted by atomic mass is 32.1. The third-order valence-electron chi connectivity index (χ3n) is 4.75. The van der Waals surface area contributed by atoms with E-state index in [0.29, 0.717) is 32.6 Å². The molecule has 0 aromatic carbocycles. The molecule has 0 radical (unpaired) electrons. The minimum absolute atomic E-state index is 0.0640. The van der Waals surface area contributed by atoms with Gasteiger partial charge in [0, 0.05) is 30.6 Å². The Morgan fingerprint density at radius 3 is 2.61 bits per heavy atom. The number of hydrogen-bond donors (Lipinski definition) is 2. The monoisotopic (exact) mass is 489 g/mol. The number of hydrogen-bond acceptors (Lipinski definition) is 6. The van der Waals surface area contributed by atoms with Crippen molar-refractivity contribution < 1.29 is 32.7 Å². The maximum absolute atomic E-state index is 12.7. The molecule has 9 nitrogen and oxygen atoms in total. The summed E-state index contributed by atoms with van der Waals surface area (Å²) in [5, 5.41) is 12.2. The fourth-order valence-electron chi connectivity index (χ4n) is 3.05. The quantitative estimate of drug-likeness (QED) is 0.614. The Morgan fingerprint density at radius 1 is 1.33 bits per heavy atom. The van der Waals surface area contributed by atoms with Crippen LogP contribution in [0.5, 0.6) is 0 Å². The van der Waals surface area contributed by atoms with Crippen LogP contribution in [0.25, 0.3) is 0 Å². The van der Waals surface area contributed by atoms with E-state index in [1.807, 2.05) is 35.0 Å². The second kappa shape index (κ2) is 11.8. The molecule has 0 aliphatic carbocycles. The molecule has 13 heteroatoms. The van der Waals surface area contributed by atoms with Crippen molar-refractivity contribution in [2.24, 2.45) is 0 Å². The Balaban J connectivity index is 0.000000479. The van der Waals surface area contributed by atoms with E-state index >= 15 is 0 Å². The van der Waals surface area contributed by atoms with Crippen molar-refractivity contribution in [1.29, 1.82) is 0 Å².